The largest absolute Gasteiger partial charge is 0.381 e. The number of nitrogens with zero attached hydrogens (tertiary/aromatic N) is 2. The highest BCUT2D eigenvalue weighted by atomic mass is 16.5. The summed E-state index contributed by atoms with van der Waals surface area (Å²) in [5.41, 5.74) is 0. The Bertz CT molecular complexity index is 299. The summed E-state index contributed by atoms with van der Waals surface area (Å²) in [5.74, 6) is 1.77. The second-order valence-corrected chi connectivity index (χ2v) is 6.20. The molecule has 1 aliphatic heterocycles. The molecule has 0 aromatic carbocycles. The highest BCUT2D eigenvalue weighted by Gasteiger charge is 2.20. The lowest BCUT2D eigenvalue weighted by Crippen LogP contribution is -2.43. The highest BCUT2D eigenvalue weighted by Crippen LogP contribution is 2.28. The van der Waals surface area contributed by atoms with Gasteiger partial charge in [0.05, 0.1) is 0 Å². The number of nitrogens with one attached hydrogen (secondary N) is 2. The molecule has 5 heteroatoms. The number of aliphatic imine (C=N–C) groups is 1. The molecule has 0 spiro atoms. The zero-order valence-corrected chi connectivity index (χ0v) is 13.6. The minimum Gasteiger partial charge on any atom is -0.381 e. The Kier molecular flexibility index (Phi) is 7.89. The maximum absolute atomic E-state index is 5.63. The molecule has 1 saturated carbocycles. The molecule has 0 aromatic rings. The zero-order valence-electron chi connectivity index (χ0n) is 13.6. The Balaban J connectivity index is 1.43. The average molecular weight is 296 g/mol. The maximum Gasteiger partial charge on any atom is 0.191 e. The lowest BCUT2D eigenvalue weighted by molar-refractivity contribution is 0.123. The average Bonchev–Trinajstić information content (AvgIpc) is 3.34. The van der Waals surface area contributed by atoms with E-state index in [1.807, 2.05) is 7.05 Å². The minimum atomic E-state index is 0.855. The summed E-state index contributed by atoms with van der Waals surface area (Å²) in [7, 11) is 1.83. The van der Waals surface area contributed by atoms with Gasteiger partial charge in [-0.25, -0.2) is 0 Å². The van der Waals surface area contributed by atoms with E-state index in [9.17, 15) is 0 Å². The van der Waals surface area contributed by atoms with Gasteiger partial charge in [0.15, 0.2) is 5.96 Å². The quantitative estimate of drug-likeness (QED) is 0.384. The lowest BCUT2D eigenvalue weighted by Gasteiger charge is -2.26. The van der Waals surface area contributed by atoms with Gasteiger partial charge in [-0.1, -0.05) is 6.42 Å². The lowest BCUT2D eigenvalue weighted by atomic mass is 10.1. The predicted octanol–water partition coefficient (Wildman–Crippen LogP) is 1.45. The molecule has 21 heavy (non-hydrogen) atoms. The van der Waals surface area contributed by atoms with Crippen LogP contribution in [-0.4, -0.2) is 63.8 Å². The zero-order chi connectivity index (χ0) is 14.8. The fraction of sp³-hybridized carbons (Fsp3) is 0.938. The van der Waals surface area contributed by atoms with Gasteiger partial charge >= 0.3 is 0 Å². The van der Waals surface area contributed by atoms with Gasteiger partial charge in [0, 0.05) is 39.9 Å². The van der Waals surface area contributed by atoms with E-state index in [2.05, 4.69) is 20.5 Å². The number of hydrogen-bond donors (Lipinski definition) is 2. The third-order valence-electron chi connectivity index (χ3n) is 4.20. The molecule has 2 N–H and O–H groups in total. The topological polar surface area (TPSA) is 48.9 Å². The normalized spacial score (nSPS) is 20.5. The summed E-state index contributed by atoms with van der Waals surface area (Å²) < 4.78 is 5.63. The van der Waals surface area contributed by atoms with Gasteiger partial charge in [-0.05, 0) is 51.1 Å². The van der Waals surface area contributed by atoms with Crippen LogP contribution in [0.15, 0.2) is 4.99 Å². The Hall–Kier alpha value is -0.810. The van der Waals surface area contributed by atoms with Gasteiger partial charge in [-0.2, -0.15) is 0 Å². The SMILES string of the molecule is CN=C(NCCCOCC1CC1)NCCN1CCCCC1. The predicted molar refractivity (Wildman–Crippen MR) is 87.8 cm³/mol. The van der Waals surface area contributed by atoms with Crippen molar-refractivity contribution in [1.29, 1.82) is 0 Å². The first-order chi connectivity index (χ1) is 10.4. The number of ether oxygens (including phenoxy) is 1. The van der Waals surface area contributed by atoms with E-state index in [0.29, 0.717) is 0 Å². The van der Waals surface area contributed by atoms with Crippen LogP contribution in [-0.2, 0) is 4.74 Å². The first-order valence-electron chi connectivity index (χ1n) is 8.63. The standard InChI is InChI=1S/C16H32N4O/c1-17-16(18-8-5-13-21-14-15-6-7-15)19-9-12-20-10-3-2-4-11-20/h15H,2-14H2,1H3,(H2,17,18,19). The van der Waals surface area contributed by atoms with Crippen LogP contribution in [0.2, 0.25) is 0 Å². The van der Waals surface area contributed by atoms with E-state index in [4.69, 9.17) is 4.74 Å². The molecule has 5 nitrogen and oxygen atoms in total. The van der Waals surface area contributed by atoms with Crippen LogP contribution < -0.4 is 10.6 Å². The van der Waals surface area contributed by atoms with Crippen LogP contribution in [0.5, 0.6) is 0 Å². The molecule has 0 aromatic heterocycles. The van der Waals surface area contributed by atoms with Crippen LogP contribution in [0.3, 0.4) is 0 Å². The molecule has 0 radical (unpaired) electrons. The molecule has 1 saturated heterocycles. The Morgan fingerprint density at radius 2 is 1.90 bits per heavy atom. The smallest absolute Gasteiger partial charge is 0.191 e. The van der Waals surface area contributed by atoms with Crippen molar-refractivity contribution in [3.63, 3.8) is 0 Å². The van der Waals surface area contributed by atoms with Gasteiger partial charge in [0.2, 0.25) is 0 Å². The van der Waals surface area contributed by atoms with Crippen molar-refractivity contribution in [3.8, 4) is 0 Å². The van der Waals surface area contributed by atoms with Crippen LogP contribution >= 0.6 is 0 Å². The summed E-state index contributed by atoms with van der Waals surface area (Å²) in [4.78, 5) is 6.80. The molecule has 2 rings (SSSR count). The van der Waals surface area contributed by atoms with Crippen molar-refractivity contribution in [3.05, 3.63) is 0 Å². The first-order valence-corrected chi connectivity index (χ1v) is 8.63. The molecule has 1 aliphatic carbocycles. The van der Waals surface area contributed by atoms with Crippen molar-refractivity contribution in [1.82, 2.24) is 15.5 Å². The molecule has 1 heterocycles. The Morgan fingerprint density at radius 1 is 1.14 bits per heavy atom. The van der Waals surface area contributed by atoms with E-state index in [0.717, 1.165) is 51.1 Å². The Labute approximate surface area is 129 Å². The van der Waals surface area contributed by atoms with E-state index < -0.39 is 0 Å². The minimum absolute atomic E-state index is 0.855. The summed E-state index contributed by atoms with van der Waals surface area (Å²) in [5, 5.41) is 6.74. The number of hydrogen-bond acceptors (Lipinski definition) is 3. The van der Waals surface area contributed by atoms with Crippen LogP contribution in [0, 0.1) is 5.92 Å². The highest BCUT2D eigenvalue weighted by molar-refractivity contribution is 5.79. The van der Waals surface area contributed by atoms with E-state index in [1.54, 1.807) is 0 Å². The molecule has 2 aliphatic rings. The van der Waals surface area contributed by atoms with Crippen molar-refractivity contribution in [2.24, 2.45) is 10.9 Å². The van der Waals surface area contributed by atoms with E-state index in [1.165, 1.54) is 45.2 Å². The Morgan fingerprint density at radius 3 is 2.62 bits per heavy atom. The van der Waals surface area contributed by atoms with Crippen molar-refractivity contribution in [2.75, 3.05) is 53.0 Å². The fourth-order valence-electron chi connectivity index (χ4n) is 2.65. The van der Waals surface area contributed by atoms with Crippen molar-refractivity contribution in [2.45, 2.75) is 38.5 Å². The van der Waals surface area contributed by atoms with Gasteiger partial charge in [-0.3, -0.25) is 4.99 Å². The number of piperidine rings is 1. The molecular formula is C16H32N4O. The number of guanidine groups is 1. The molecule has 2 fully saturated rings. The third-order valence-corrected chi connectivity index (χ3v) is 4.20. The van der Waals surface area contributed by atoms with Gasteiger partial charge < -0.3 is 20.3 Å². The molecule has 0 atom stereocenters. The number of likely N-dealkylation sites (tertiary alicyclic amines) is 1. The first kappa shape index (κ1) is 16.6. The molecule has 0 bridgehead atoms. The number of rotatable bonds is 9. The van der Waals surface area contributed by atoms with Crippen molar-refractivity contribution < 1.29 is 4.74 Å². The summed E-state index contributed by atoms with van der Waals surface area (Å²) in [6.07, 6.45) is 7.88. The summed E-state index contributed by atoms with van der Waals surface area (Å²) in [6.45, 7) is 7.34. The molecular weight excluding hydrogens is 264 g/mol. The van der Waals surface area contributed by atoms with Crippen molar-refractivity contribution >= 4 is 5.96 Å². The van der Waals surface area contributed by atoms with Gasteiger partial charge in [0.25, 0.3) is 0 Å². The molecule has 0 unspecified atom stereocenters. The van der Waals surface area contributed by atoms with E-state index >= 15 is 0 Å². The molecule has 122 valence electrons. The van der Waals surface area contributed by atoms with Gasteiger partial charge in [0.1, 0.15) is 0 Å². The fourth-order valence-corrected chi connectivity index (χ4v) is 2.65. The maximum atomic E-state index is 5.63. The van der Waals surface area contributed by atoms with E-state index in [-0.39, 0.29) is 0 Å². The van der Waals surface area contributed by atoms with Crippen LogP contribution in [0.25, 0.3) is 0 Å². The monoisotopic (exact) mass is 296 g/mol. The second-order valence-electron chi connectivity index (χ2n) is 6.20. The molecule has 0 amide bonds. The third kappa shape index (κ3) is 7.67. The van der Waals surface area contributed by atoms with Crippen LogP contribution in [0.1, 0.15) is 38.5 Å². The summed E-state index contributed by atoms with van der Waals surface area (Å²) in [6, 6.07) is 0. The summed E-state index contributed by atoms with van der Waals surface area (Å²) >= 11 is 0. The van der Waals surface area contributed by atoms with Gasteiger partial charge in [-0.15, -0.1) is 0 Å². The second kappa shape index (κ2) is 10.0. The van der Waals surface area contributed by atoms with Crippen LogP contribution in [0.4, 0.5) is 0 Å².